The average molecular weight is 458 g/mol. The van der Waals surface area contributed by atoms with Crippen LogP contribution >= 0.6 is 0 Å². The van der Waals surface area contributed by atoms with Crippen molar-refractivity contribution < 1.29 is 18.7 Å². The first-order valence-electron chi connectivity index (χ1n) is 11.2. The van der Waals surface area contributed by atoms with Crippen molar-refractivity contribution in [1.29, 1.82) is 0 Å². The molecule has 2 fully saturated rings. The second kappa shape index (κ2) is 8.07. The molecule has 0 unspecified atom stereocenters. The van der Waals surface area contributed by atoms with Crippen LogP contribution in [-0.4, -0.2) is 53.6 Å². The van der Waals surface area contributed by atoms with Crippen LogP contribution in [0.5, 0.6) is 0 Å². The van der Waals surface area contributed by atoms with E-state index in [-0.39, 0.29) is 24.3 Å². The van der Waals surface area contributed by atoms with E-state index in [0.717, 1.165) is 29.3 Å². The van der Waals surface area contributed by atoms with Gasteiger partial charge in [0.15, 0.2) is 5.58 Å². The summed E-state index contributed by atoms with van der Waals surface area (Å²) in [7, 11) is 1.79. The summed E-state index contributed by atoms with van der Waals surface area (Å²) in [5.74, 6) is 1.51. The summed E-state index contributed by atoms with van der Waals surface area (Å²) >= 11 is 0. The lowest BCUT2D eigenvalue weighted by atomic mass is 10.1. The quantitative estimate of drug-likeness (QED) is 0.468. The molecule has 1 aliphatic heterocycles. The number of anilines is 3. The molecule has 1 aromatic carbocycles. The van der Waals surface area contributed by atoms with Gasteiger partial charge in [-0.15, -0.1) is 0 Å². The number of pyridine rings is 2. The van der Waals surface area contributed by atoms with E-state index >= 15 is 0 Å². The first-order valence-corrected chi connectivity index (χ1v) is 11.2. The van der Waals surface area contributed by atoms with Gasteiger partial charge in [-0.25, -0.2) is 15.0 Å². The van der Waals surface area contributed by atoms with Crippen LogP contribution in [0.3, 0.4) is 0 Å². The third-order valence-corrected chi connectivity index (χ3v) is 6.11. The standard InChI is InChI=1S/C24H22N6O4/c1-25-22-16-10-26-20(29-23(32)13-2-3-13)9-15(16)17(11-27-22)24-28-18-8-14(4-5-19(18)34-24)30-6-7-33-12-21(30)31/h4-5,8-11,13H,2-3,6-7,12H2,1H3,(H,25,27)(H,26,29,32). The van der Waals surface area contributed by atoms with Crippen LogP contribution < -0.4 is 15.5 Å². The molecule has 3 aromatic heterocycles. The van der Waals surface area contributed by atoms with Gasteiger partial charge in [-0.05, 0) is 37.1 Å². The van der Waals surface area contributed by atoms with Crippen LogP contribution in [0.1, 0.15) is 12.8 Å². The van der Waals surface area contributed by atoms with Gasteiger partial charge >= 0.3 is 0 Å². The Balaban J connectivity index is 1.42. The Morgan fingerprint density at radius 3 is 2.82 bits per heavy atom. The van der Waals surface area contributed by atoms with Crippen molar-refractivity contribution in [2.24, 2.45) is 5.92 Å². The summed E-state index contributed by atoms with van der Waals surface area (Å²) < 4.78 is 11.3. The molecule has 2 amide bonds. The van der Waals surface area contributed by atoms with Gasteiger partial charge in [-0.2, -0.15) is 0 Å². The first-order chi connectivity index (χ1) is 16.6. The average Bonchev–Trinajstić information content (AvgIpc) is 3.62. The van der Waals surface area contributed by atoms with Crippen LogP contribution in [0.25, 0.3) is 33.3 Å². The van der Waals surface area contributed by atoms with Gasteiger partial charge in [0.2, 0.25) is 11.8 Å². The lowest BCUT2D eigenvalue weighted by Gasteiger charge is -2.26. The summed E-state index contributed by atoms with van der Waals surface area (Å²) in [6.45, 7) is 1.07. The van der Waals surface area contributed by atoms with Gasteiger partial charge in [0.05, 0.1) is 12.2 Å². The molecular formula is C24H22N6O4. The van der Waals surface area contributed by atoms with E-state index < -0.39 is 0 Å². The summed E-state index contributed by atoms with van der Waals surface area (Å²) in [6, 6.07) is 7.31. The van der Waals surface area contributed by atoms with Crippen LogP contribution in [0.15, 0.2) is 41.1 Å². The number of carbonyl (C=O) groups is 2. The molecule has 10 heteroatoms. The van der Waals surface area contributed by atoms with Crippen LogP contribution in [-0.2, 0) is 14.3 Å². The van der Waals surface area contributed by atoms with Crippen molar-refractivity contribution in [1.82, 2.24) is 15.0 Å². The molecule has 0 bridgehead atoms. The predicted octanol–water partition coefficient (Wildman–Crippen LogP) is 3.19. The van der Waals surface area contributed by atoms with E-state index in [1.807, 2.05) is 24.3 Å². The molecule has 4 aromatic rings. The highest BCUT2D eigenvalue weighted by atomic mass is 16.5. The summed E-state index contributed by atoms with van der Waals surface area (Å²) in [5.41, 5.74) is 2.66. The molecule has 2 aliphatic rings. The molecule has 10 nitrogen and oxygen atoms in total. The van der Waals surface area contributed by atoms with Crippen molar-refractivity contribution in [2.75, 3.05) is 42.3 Å². The Hall–Kier alpha value is -4.05. The first kappa shape index (κ1) is 20.5. The van der Waals surface area contributed by atoms with Gasteiger partial charge in [0.1, 0.15) is 23.8 Å². The number of aromatic nitrogens is 3. The van der Waals surface area contributed by atoms with Crippen molar-refractivity contribution in [2.45, 2.75) is 12.8 Å². The topological polar surface area (TPSA) is 122 Å². The largest absolute Gasteiger partial charge is 0.436 e. The van der Waals surface area contributed by atoms with Gasteiger partial charge < -0.3 is 24.7 Å². The number of fused-ring (bicyclic) bond motifs is 2. The Kier molecular flexibility index (Phi) is 4.88. The summed E-state index contributed by atoms with van der Waals surface area (Å²) in [5, 5.41) is 7.56. The number of benzene rings is 1. The van der Waals surface area contributed by atoms with E-state index in [1.54, 1.807) is 24.3 Å². The fraction of sp³-hybridized carbons (Fsp3) is 0.292. The molecular weight excluding hydrogens is 436 g/mol. The van der Waals surface area contributed by atoms with E-state index in [0.29, 0.717) is 47.3 Å². The molecule has 2 N–H and O–H groups in total. The lowest BCUT2D eigenvalue weighted by Crippen LogP contribution is -2.41. The maximum Gasteiger partial charge on any atom is 0.253 e. The number of nitrogens with zero attached hydrogens (tertiary/aromatic N) is 4. The van der Waals surface area contributed by atoms with E-state index in [2.05, 4.69) is 20.6 Å². The Labute approximate surface area is 194 Å². The third kappa shape index (κ3) is 3.61. The fourth-order valence-electron chi connectivity index (χ4n) is 4.14. The van der Waals surface area contributed by atoms with E-state index in [9.17, 15) is 9.59 Å². The summed E-state index contributed by atoms with van der Waals surface area (Å²) in [6.07, 6.45) is 5.21. The molecule has 4 heterocycles. The lowest BCUT2D eigenvalue weighted by molar-refractivity contribution is -0.125. The van der Waals surface area contributed by atoms with Gasteiger partial charge in [0.25, 0.3) is 5.91 Å². The molecule has 0 radical (unpaired) electrons. The van der Waals surface area contributed by atoms with Crippen molar-refractivity contribution >= 4 is 51.0 Å². The zero-order valence-electron chi connectivity index (χ0n) is 18.5. The number of rotatable bonds is 5. The van der Waals surface area contributed by atoms with Gasteiger partial charge in [0, 0.05) is 48.4 Å². The minimum atomic E-state index is -0.0829. The minimum absolute atomic E-state index is 0.0108. The van der Waals surface area contributed by atoms with Crippen molar-refractivity contribution in [3.05, 3.63) is 36.7 Å². The molecule has 1 saturated carbocycles. The highest BCUT2D eigenvalue weighted by Gasteiger charge is 2.30. The smallest absolute Gasteiger partial charge is 0.253 e. The maximum atomic E-state index is 12.2. The number of hydrogen-bond acceptors (Lipinski definition) is 8. The van der Waals surface area contributed by atoms with Gasteiger partial charge in [-0.1, -0.05) is 0 Å². The SMILES string of the molecule is CNc1ncc(-c2nc3cc(N4CCOCC4=O)ccc3o2)c2cc(NC(=O)C3CC3)ncc12. The molecule has 34 heavy (non-hydrogen) atoms. The summed E-state index contributed by atoms with van der Waals surface area (Å²) in [4.78, 5) is 39.8. The van der Waals surface area contributed by atoms with E-state index in [4.69, 9.17) is 14.1 Å². The zero-order chi connectivity index (χ0) is 23.2. The number of carbonyl (C=O) groups excluding carboxylic acids is 2. The van der Waals surface area contributed by atoms with E-state index in [1.165, 1.54) is 0 Å². The van der Waals surface area contributed by atoms with Crippen LogP contribution in [0.4, 0.5) is 17.3 Å². The second-order valence-corrected chi connectivity index (χ2v) is 8.42. The van der Waals surface area contributed by atoms with Crippen molar-refractivity contribution in [3.63, 3.8) is 0 Å². The maximum absolute atomic E-state index is 12.2. The number of oxazole rings is 1. The number of morpholine rings is 1. The third-order valence-electron chi connectivity index (χ3n) is 6.11. The Morgan fingerprint density at radius 2 is 2.03 bits per heavy atom. The highest BCUT2D eigenvalue weighted by Crippen LogP contribution is 2.35. The monoisotopic (exact) mass is 458 g/mol. The second-order valence-electron chi connectivity index (χ2n) is 8.42. The highest BCUT2D eigenvalue weighted by molar-refractivity contribution is 6.03. The molecule has 1 aliphatic carbocycles. The predicted molar refractivity (Wildman–Crippen MR) is 127 cm³/mol. The number of hydrogen-bond donors (Lipinski definition) is 2. The molecule has 0 spiro atoms. The zero-order valence-corrected chi connectivity index (χ0v) is 18.5. The molecule has 6 rings (SSSR count). The Bertz CT molecular complexity index is 1440. The van der Waals surface area contributed by atoms with Crippen molar-refractivity contribution in [3.8, 4) is 11.5 Å². The Morgan fingerprint density at radius 1 is 1.15 bits per heavy atom. The fourth-order valence-corrected chi connectivity index (χ4v) is 4.14. The molecule has 1 saturated heterocycles. The molecule has 172 valence electrons. The van der Waals surface area contributed by atoms with Crippen LogP contribution in [0.2, 0.25) is 0 Å². The number of nitrogens with one attached hydrogen (secondary N) is 2. The normalized spacial score (nSPS) is 16.3. The number of ether oxygens (including phenoxy) is 1. The number of amides is 2. The van der Waals surface area contributed by atoms with Crippen LogP contribution in [0, 0.1) is 5.92 Å². The minimum Gasteiger partial charge on any atom is -0.436 e. The molecule has 0 atom stereocenters. The van der Waals surface area contributed by atoms with Gasteiger partial charge in [-0.3, -0.25) is 9.59 Å².